The summed E-state index contributed by atoms with van der Waals surface area (Å²) in [5.41, 5.74) is 3.06. The van der Waals surface area contributed by atoms with E-state index in [-0.39, 0.29) is 30.0 Å². The van der Waals surface area contributed by atoms with E-state index in [1.54, 1.807) is 13.8 Å². The number of aromatic carboxylic acids is 1. The van der Waals surface area contributed by atoms with Crippen LogP contribution in [-0.4, -0.2) is 40.6 Å². The van der Waals surface area contributed by atoms with Gasteiger partial charge < -0.3 is 20.1 Å². The zero-order chi connectivity index (χ0) is 24.7. The zero-order valence-electron chi connectivity index (χ0n) is 19.0. The maximum Gasteiger partial charge on any atom is 0.352 e. The van der Waals surface area contributed by atoms with E-state index in [0.29, 0.717) is 17.9 Å². The molecule has 3 aromatic rings. The van der Waals surface area contributed by atoms with Crippen molar-refractivity contribution in [1.82, 2.24) is 10.3 Å². The van der Waals surface area contributed by atoms with Crippen LogP contribution in [0.1, 0.15) is 46.8 Å². The average molecular weight is 483 g/mol. The van der Waals surface area contributed by atoms with Crippen LogP contribution in [0.2, 0.25) is 5.02 Å². The molecule has 0 radical (unpaired) electrons. The predicted octanol–water partition coefficient (Wildman–Crippen LogP) is 4.96. The van der Waals surface area contributed by atoms with Gasteiger partial charge in [-0.3, -0.25) is 9.59 Å². The standard InChI is InChI=1S/C26H27ClN2O5/c1-3-34-26(33)16(2)13-21(28-24(30)22-11-12-23(29-22)25(31)32)14-17-7-9-18(10-8-17)19-5-4-6-20(27)15-19/h4-12,15-16,21,29H,3,13-14H2,1-2H3,(H,28,30)(H,31,32)/t16-,21?/m1/s1. The number of H-pyrrole nitrogens is 1. The highest BCUT2D eigenvalue weighted by atomic mass is 35.5. The molecule has 1 unspecified atom stereocenters. The topological polar surface area (TPSA) is 108 Å². The quantitative estimate of drug-likeness (QED) is 0.354. The molecule has 2 aromatic carbocycles. The van der Waals surface area contributed by atoms with Crippen molar-refractivity contribution in [3.63, 3.8) is 0 Å². The molecule has 0 saturated heterocycles. The fourth-order valence-electron chi connectivity index (χ4n) is 3.70. The van der Waals surface area contributed by atoms with Crippen molar-refractivity contribution in [2.75, 3.05) is 6.61 Å². The van der Waals surface area contributed by atoms with Crippen LogP contribution in [0.3, 0.4) is 0 Å². The van der Waals surface area contributed by atoms with Crippen molar-refractivity contribution in [3.8, 4) is 11.1 Å². The van der Waals surface area contributed by atoms with E-state index in [1.165, 1.54) is 12.1 Å². The number of carbonyl (C=O) groups is 3. The summed E-state index contributed by atoms with van der Waals surface area (Å²) in [5, 5.41) is 12.7. The van der Waals surface area contributed by atoms with Crippen molar-refractivity contribution in [3.05, 3.63) is 82.6 Å². The van der Waals surface area contributed by atoms with Gasteiger partial charge in [-0.1, -0.05) is 54.9 Å². The number of hydrogen-bond donors (Lipinski definition) is 3. The molecule has 1 heterocycles. The minimum absolute atomic E-state index is 0.0711. The molecule has 0 fully saturated rings. The van der Waals surface area contributed by atoms with Crippen LogP contribution in [0.25, 0.3) is 11.1 Å². The largest absolute Gasteiger partial charge is 0.477 e. The number of benzene rings is 2. The van der Waals surface area contributed by atoms with Crippen molar-refractivity contribution < 1.29 is 24.2 Å². The van der Waals surface area contributed by atoms with Gasteiger partial charge in [0.05, 0.1) is 12.5 Å². The highest BCUT2D eigenvalue weighted by molar-refractivity contribution is 6.30. The zero-order valence-corrected chi connectivity index (χ0v) is 19.8. The SMILES string of the molecule is CCOC(=O)[C@H](C)CC(Cc1ccc(-c2cccc(Cl)c2)cc1)NC(=O)c1ccc(C(=O)O)[nH]1. The van der Waals surface area contributed by atoms with Gasteiger partial charge in [-0.05, 0) is 60.7 Å². The molecule has 2 atom stereocenters. The molecule has 0 bridgehead atoms. The van der Waals surface area contributed by atoms with Crippen LogP contribution in [-0.2, 0) is 16.0 Å². The van der Waals surface area contributed by atoms with Crippen LogP contribution in [0.4, 0.5) is 0 Å². The Labute approximate surface area is 203 Å². The predicted molar refractivity (Wildman–Crippen MR) is 130 cm³/mol. The Balaban J connectivity index is 1.76. The number of aromatic amines is 1. The third kappa shape index (κ3) is 6.71. The van der Waals surface area contributed by atoms with E-state index in [1.807, 2.05) is 48.5 Å². The number of esters is 1. The third-order valence-corrected chi connectivity index (χ3v) is 5.65. The van der Waals surface area contributed by atoms with Crippen molar-refractivity contribution in [2.24, 2.45) is 5.92 Å². The molecule has 0 saturated carbocycles. The maximum atomic E-state index is 12.8. The molecule has 0 aliphatic rings. The van der Waals surface area contributed by atoms with Gasteiger partial charge in [-0.2, -0.15) is 0 Å². The number of nitrogens with one attached hydrogen (secondary N) is 2. The number of aromatic nitrogens is 1. The van der Waals surface area contributed by atoms with Crippen LogP contribution >= 0.6 is 11.6 Å². The van der Waals surface area contributed by atoms with Gasteiger partial charge in [0.2, 0.25) is 0 Å². The Bertz CT molecular complexity index is 1160. The van der Waals surface area contributed by atoms with Gasteiger partial charge in [-0.25, -0.2) is 4.79 Å². The van der Waals surface area contributed by atoms with Crippen LogP contribution in [0.5, 0.6) is 0 Å². The Morgan fingerprint density at radius 1 is 1.03 bits per heavy atom. The lowest BCUT2D eigenvalue weighted by Crippen LogP contribution is -2.39. The number of halogens is 1. The molecule has 8 heteroatoms. The number of hydrogen-bond acceptors (Lipinski definition) is 4. The molecule has 0 aliphatic heterocycles. The highest BCUT2D eigenvalue weighted by Crippen LogP contribution is 2.24. The van der Waals surface area contributed by atoms with Gasteiger partial charge in [0, 0.05) is 11.1 Å². The molecule has 0 aliphatic carbocycles. The van der Waals surface area contributed by atoms with Gasteiger partial charge in [-0.15, -0.1) is 0 Å². The van der Waals surface area contributed by atoms with Crippen LogP contribution in [0.15, 0.2) is 60.7 Å². The first-order chi connectivity index (χ1) is 16.3. The second kappa shape index (κ2) is 11.5. The summed E-state index contributed by atoms with van der Waals surface area (Å²) in [6.07, 6.45) is 0.852. The summed E-state index contributed by atoms with van der Waals surface area (Å²) in [5.74, 6) is -2.34. The molecule has 178 valence electrons. The Kier molecular flexibility index (Phi) is 8.49. The first-order valence-corrected chi connectivity index (χ1v) is 11.4. The molecule has 1 amide bonds. The maximum absolute atomic E-state index is 12.8. The smallest absolute Gasteiger partial charge is 0.352 e. The molecule has 3 N–H and O–H groups in total. The first kappa shape index (κ1) is 25.1. The van der Waals surface area contributed by atoms with Gasteiger partial charge >= 0.3 is 11.9 Å². The second-order valence-electron chi connectivity index (χ2n) is 8.06. The van der Waals surface area contributed by atoms with E-state index in [4.69, 9.17) is 21.4 Å². The summed E-state index contributed by atoms with van der Waals surface area (Å²) >= 11 is 6.10. The highest BCUT2D eigenvalue weighted by Gasteiger charge is 2.23. The van der Waals surface area contributed by atoms with Crippen molar-refractivity contribution >= 4 is 29.4 Å². The number of ether oxygens (including phenoxy) is 1. The summed E-state index contributed by atoms with van der Waals surface area (Å²) in [7, 11) is 0. The van der Waals surface area contributed by atoms with Crippen LogP contribution < -0.4 is 5.32 Å². The number of carbonyl (C=O) groups excluding carboxylic acids is 2. The van der Waals surface area contributed by atoms with E-state index >= 15 is 0 Å². The first-order valence-electron chi connectivity index (χ1n) is 11.0. The second-order valence-corrected chi connectivity index (χ2v) is 8.50. The van der Waals surface area contributed by atoms with E-state index in [2.05, 4.69) is 10.3 Å². The summed E-state index contributed by atoms with van der Waals surface area (Å²) < 4.78 is 5.11. The lowest BCUT2D eigenvalue weighted by atomic mass is 9.94. The molecule has 7 nitrogen and oxygen atoms in total. The fraction of sp³-hybridized carbons (Fsp3) is 0.269. The Morgan fingerprint density at radius 3 is 2.35 bits per heavy atom. The normalized spacial score (nSPS) is 12.6. The molecule has 0 spiro atoms. The molecule has 34 heavy (non-hydrogen) atoms. The van der Waals surface area contributed by atoms with Crippen molar-refractivity contribution in [1.29, 1.82) is 0 Å². The summed E-state index contributed by atoms with van der Waals surface area (Å²) in [4.78, 5) is 38.6. The van der Waals surface area contributed by atoms with Gasteiger partial charge in [0.15, 0.2) is 0 Å². The molecule has 1 aromatic heterocycles. The van der Waals surface area contributed by atoms with Crippen LogP contribution in [0, 0.1) is 5.92 Å². The van der Waals surface area contributed by atoms with Gasteiger partial charge in [0.25, 0.3) is 5.91 Å². The van der Waals surface area contributed by atoms with E-state index in [9.17, 15) is 14.4 Å². The number of amides is 1. The number of rotatable bonds is 10. The number of carboxylic acids is 1. The lowest BCUT2D eigenvalue weighted by molar-refractivity contribution is -0.147. The average Bonchev–Trinajstić information content (AvgIpc) is 3.31. The fourth-order valence-corrected chi connectivity index (χ4v) is 3.89. The van der Waals surface area contributed by atoms with E-state index in [0.717, 1.165) is 16.7 Å². The summed E-state index contributed by atoms with van der Waals surface area (Å²) in [6, 6.07) is 17.9. The molecule has 3 rings (SSSR count). The molecular formula is C26H27ClN2O5. The van der Waals surface area contributed by atoms with E-state index < -0.39 is 17.8 Å². The number of carboxylic acid groups (broad SMARTS) is 1. The van der Waals surface area contributed by atoms with Gasteiger partial charge in [0.1, 0.15) is 11.4 Å². The minimum Gasteiger partial charge on any atom is -0.477 e. The lowest BCUT2D eigenvalue weighted by Gasteiger charge is -2.22. The summed E-state index contributed by atoms with van der Waals surface area (Å²) in [6.45, 7) is 3.79. The minimum atomic E-state index is -1.15. The monoisotopic (exact) mass is 482 g/mol. The van der Waals surface area contributed by atoms with Crippen molar-refractivity contribution in [2.45, 2.75) is 32.7 Å². The third-order valence-electron chi connectivity index (χ3n) is 5.42. The Morgan fingerprint density at radius 2 is 1.74 bits per heavy atom. The molecular weight excluding hydrogens is 456 g/mol. The Hall–Kier alpha value is -3.58.